The van der Waals surface area contributed by atoms with Crippen LogP contribution in [0.5, 0.6) is 0 Å². The van der Waals surface area contributed by atoms with Gasteiger partial charge in [0.2, 0.25) is 5.91 Å². The van der Waals surface area contributed by atoms with Crippen LogP contribution in [0.1, 0.15) is 64.1 Å². The average molecular weight is 265 g/mol. The van der Waals surface area contributed by atoms with Crippen molar-refractivity contribution in [2.45, 2.75) is 64.7 Å². The molecule has 0 spiro atoms. The zero-order valence-electron chi connectivity index (χ0n) is 12.1. The molecule has 0 saturated heterocycles. The van der Waals surface area contributed by atoms with Gasteiger partial charge in [0.15, 0.2) is 0 Å². The standard InChI is InChI=1S/C15H27N3O/c1-2-3-4-5-6-7-8-9-15(19)18-11-10-14-16-12-13-17-14/h12-13H,2-11H2,1H3,(H,16,17)(H,18,19). The van der Waals surface area contributed by atoms with Crippen LogP contribution in [-0.2, 0) is 11.2 Å². The maximum Gasteiger partial charge on any atom is 0.220 e. The quantitative estimate of drug-likeness (QED) is 0.604. The minimum absolute atomic E-state index is 0.167. The monoisotopic (exact) mass is 265 g/mol. The molecule has 0 aliphatic heterocycles. The summed E-state index contributed by atoms with van der Waals surface area (Å²) in [5.41, 5.74) is 0. The maximum absolute atomic E-state index is 11.6. The van der Waals surface area contributed by atoms with Gasteiger partial charge in [-0.1, -0.05) is 45.4 Å². The summed E-state index contributed by atoms with van der Waals surface area (Å²) in [5.74, 6) is 1.09. The van der Waals surface area contributed by atoms with Crippen LogP contribution in [0.3, 0.4) is 0 Å². The lowest BCUT2D eigenvalue weighted by atomic mass is 10.1. The number of H-pyrrole nitrogens is 1. The molecule has 1 amide bonds. The Morgan fingerprint density at radius 2 is 1.95 bits per heavy atom. The van der Waals surface area contributed by atoms with Crippen LogP contribution >= 0.6 is 0 Å². The van der Waals surface area contributed by atoms with Crippen molar-refractivity contribution < 1.29 is 4.79 Å². The van der Waals surface area contributed by atoms with Gasteiger partial charge in [0.25, 0.3) is 0 Å². The van der Waals surface area contributed by atoms with Crippen LogP contribution in [-0.4, -0.2) is 22.4 Å². The minimum Gasteiger partial charge on any atom is -0.356 e. The van der Waals surface area contributed by atoms with Gasteiger partial charge in [-0.15, -0.1) is 0 Å². The Labute approximate surface area is 116 Å². The molecule has 4 nitrogen and oxygen atoms in total. The number of imidazole rings is 1. The molecule has 108 valence electrons. The molecule has 4 heteroatoms. The van der Waals surface area contributed by atoms with Crippen LogP contribution < -0.4 is 5.32 Å². The number of hydrogen-bond acceptors (Lipinski definition) is 2. The van der Waals surface area contributed by atoms with E-state index < -0.39 is 0 Å². The maximum atomic E-state index is 11.6. The third-order valence-electron chi connectivity index (χ3n) is 3.25. The first kappa shape index (κ1) is 15.7. The van der Waals surface area contributed by atoms with Gasteiger partial charge < -0.3 is 10.3 Å². The fraction of sp³-hybridized carbons (Fsp3) is 0.733. The predicted molar refractivity (Wildman–Crippen MR) is 77.9 cm³/mol. The molecule has 0 aromatic carbocycles. The van der Waals surface area contributed by atoms with E-state index in [0.29, 0.717) is 13.0 Å². The summed E-state index contributed by atoms with van der Waals surface area (Å²) in [7, 11) is 0. The Balaban J connectivity index is 1.88. The third kappa shape index (κ3) is 8.41. The van der Waals surface area contributed by atoms with Crippen molar-refractivity contribution in [1.82, 2.24) is 15.3 Å². The molecule has 0 aliphatic carbocycles. The zero-order chi connectivity index (χ0) is 13.8. The topological polar surface area (TPSA) is 57.8 Å². The lowest BCUT2D eigenvalue weighted by Crippen LogP contribution is -2.25. The van der Waals surface area contributed by atoms with Crippen molar-refractivity contribution in [1.29, 1.82) is 0 Å². The van der Waals surface area contributed by atoms with E-state index in [2.05, 4.69) is 22.2 Å². The first-order valence-electron chi connectivity index (χ1n) is 7.58. The van der Waals surface area contributed by atoms with Gasteiger partial charge in [0.05, 0.1) is 0 Å². The number of nitrogens with one attached hydrogen (secondary N) is 2. The number of unbranched alkanes of at least 4 members (excludes halogenated alkanes) is 6. The van der Waals surface area contributed by atoms with Gasteiger partial charge >= 0.3 is 0 Å². The van der Waals surface area contributed by atoms with Crippen molar-refractivity contribution in [3.63, 3.8) is 0 Å². The van der Waals surface area contributed by atoms with E-state index in [1.165, 1.54) is 38.5 Å². The highest BCUT2D eigenvalue weighted by atomic mass is 16.1. The van der Waals surface area contributed by atoms with E-state index in [1.807, 2.05) is 0 Å². The number of rotatable bonds is 11. The summed E-state index contributed by atoms with van der Waals surface area (Å²) >= 11 is 0. The molecule has 19 heavy (non-hydrogen) atoms. The summed E-state index contributed by atoms with van der Waals surface area (Å²) in [5, 5.41) is 2.93. The van der Waals surface area contributed by atoms with E-state index >= 15 is 0 Å². The number of carbonyl (C=O) groups excluding carboxylic acids is 1. The van der Waals surface area contributed by atoms with Crippen LogP contribution in [0.2, 0.25) is 0 Å². The highest BCUT2D eigenvalue weighted by Crippen LogP contribution is 2.08. The Kier molecular flexibility index (Phi) is 8.77. The molecule has 1 aromatic heterocycles. The first-order chi connectivity index (χ1) is 9.33. The molecule has 0 bridgehead atoms. The zero-order valence-corrected chi connectivity index (χ0v) is 12.1. The van der Waals surface area contributed by atoms with E-state index in [9.17, 15) is 4.79 Å². The second-order valence-electron chi connectivity index (χ2n) is 5.01. The molecule has 0 radical (unpaired) electrons. The Bertz CT molecular complexity index is 322. The van der Waals surface area contributed by atoms with Gasteiger partial charge in [-0.3, -0.25) is 4.79 Å². The van der Waals surface area contributed by atoms with Gasteiger partial charge in [-0.2, -0.15) is 0 Å². The third-order valence-corrected chi connectivity index (χ3v) is 3.25. The first-order valence-corrected chi connectivity index (χ1v) is 7.58. The molecule has 0 fully saturated rings. The van der Waals surface area contributed by atoms with E-state index in [1.54, 1.807) is 12.4 Å². The van der Waals surface area contributed by atoms with Crippen molar-refractivity contribution >= 4 is 5.91 Å². The van der Waals surface area contributed by atoms with Crippen LogP contribution in [0, 0.1) is 0 Å². The molecule has 0 saturated carbocycles. The molecule has 0 atom stereocenters. The summed E-state index contributed by atoms with van der Waals surface area (Å²) in [4.78, 5) is 18.7. The number of aromatic nitrogens is 2. The summed E-state index contributed by atoms with van der Waals surface area (Å²) < 4.78 is 0. The van der Waals surface area contributed by atoms with Gasteiger partial charge in [0, 0.05) is 31.8 Å². The minimum atomic E-state index is 0.167. The summed E-state index contributed by atoms with van der Waals surface area (Å²) in [6.07, 6.45) is 13.7. The molecule has 1 heterocycles. The highest BCUT2D eigenvalue weighted by Gasteiger charge is 2.01. The molecule has 1 aromatic rings. The van der Waals surface area contributed by atoms with Crippen molar-refractivity contribution in [3.8, 4) is 0 Å². The molecule has 0 unspecified atom stereocenters. The van der Waals surface area contributed by atoms with Gasteiger partial charge in [0.1, 0.15) is 5.82 Å². The molecule has 2 N–H and O–H groups in total. The molecular weight excluding hydrogens is 238 g/mol. The smallest absolute Gasteiger partial charge is 0.220 e. The van der Waals surface area contributed by atoms with Crippen molar-refractivity contribution in [2.24, 2.45) is 0 Å². The Morgan fingerprint density at radius 3 is 2.63 bits per heavy atom. The summed E-state index contributed by atoms with van der Waals surface area (Å²) in [6, 6.07) is 0. The molecule has 1 rings (SSSR count). The Morgan fingerprint density at radius 1 is 1.21 bits per heavy atom. The summed E-state index contributed by atoms with van der Waals surface area (Å²) in [6.45, 7) is 2.90. The largest absolute Gasteiger partial charge is 0.356 e. The van der Waals surface area contributed by atoms with Gasteiger partial charge in [-0.25, -0.2) is 4.98 Å². The van der Waals surface area contributed by atoms with Crippen LogP contribution in [0.25, 0.3) is 0 Å². The number of nitrogens with zero attached hydrogens (tertiary/aromatic N) is 1. The molecule has 0 aliphatic rings. The van der Waals surface area contributed by atoms with E-state index in [0.717, 1.165) is 18.7 Å². The van der Waals surface area contributed by atoms with Crippen LogP contribution in [0.15, 0.2) is 12.4 Å². The average Bonchev–Trinajstić information content (AvgIpc) is 2.91. The van der Waals surface area contributed by atoms with Crippen LogP contribution in [0.4, 0.5) is 0 Å². The van der Waals surface area contributed by atoms with Crippen molar-refractivity contribution in [2.75, 3.05) is 6.54 Å². The Hall–Kier alpha value is -1.32. The number of aromatic amines is 1. The fourth-order valence-corrected chi connectivity index (χ4v) is 2.09. The second-order valence-corrected chi connectivity index (χ2v) is 5.01. The number of hydrogen-bond donors (Lipinski definition) is 2. The van der Waals surface area contributed by atoms with Crippen molar-refractivity contribution in [3.05, 3.63) is 18.2 Å². The molecular formula is C15H27N3O. The lowest BCUT2D eigenvalue weighted by Gasteiger charge is -2.04. The fourth-order valence-electron chi connectivity index (χ4n) is 2.09. The highest BCUT2D eigenvalue weighted by molar-refractivity contribution is 5.75. The van der Waals surface area contributed by atoms with E-state index in [4.69, 9.17) is 0 Å². The lowest BCUT2D eigenvalue weighted by molar-refractivity contribution is -0.121. The second kappa shape index (κ2) is 10.6. The normalized spacial score (nSPS) is 10.6. The van der Waals surface area contributed by atoms with E-state index in [-0.39, 0.29) is 5.91 Å². The number of carbonyl (C=O) groups is 1. The van der Waals surface area contributed by atoms with Gasteiger partial charge in [-0.05, 0) is 6.42 Å². The predicted octanol–water partition coefficient (Wildman–Crippen LogP) is 3.21. The SMILES string of the molecule is CCCCCCCCCC(=O)NCCc1ncc[nH]1. The number of amides is 1.